The lowest BCUT2D eigenvalue weighted by molar-refractivity contribution is -0.120. The summed E-state index contributed by atoms with van der Waals surface area (Å²) in [6.45, 7) is 2.59. The number of nitrogens with zero attached hydrogens (tertiary/aromatic N) is 3. The Hall–Kier alpha value is -3.26. The number of hydrogen-bond acceptors (Lipinski definition) is 5. The van der Waals surface area contributed by atoms with Gasteiger partial charge in [-0.1, -0.05) is 18.2 Å². The Balaban J connectivity index is 1.85. The fourth-order valence-corrected chi connectivity index (χ4v) is 3.79. The maximum Gasteiger partial charge on any atom is 0.282 e. The van der Waals surface area contributed by atoms with Gasteiger partial charge in [0.1, 0.15) is 11.4 Å². The Morgan fingerprint density at radius 1 is 0.900 bits per heavy atom. The monoisotopic (exact) mass is 413 g/mol. The SMILES string of the molecule is COc1ccccc1C1=C(N2CCN(C)CC2)C(=O)N(c2ccc(F)c(F)c2)C1=O. The summed E-state index contributed by atoms with van der Waals surface area (Å²) < 4.78 is 32.7. The molecule has 0 atom stereocenters. The van der Waals surface area contributed by atoms with Crippen LogP contribution in [0.3, 0.4) is 0 Å². The quantitative estimate of drug-likeness (QED) is 0.721. The molecule has 2 amide bonds. The van der Waals surface area contributed by atoms with Crippen molar-refractivity contribution in [1.82, 2.24) is 9.80 Å². The summed E-state index contributed by atoms with van der Waals surface area (Å²) in [5.74, 6) is -2.87. The van der Waals surface area contributed by atoms with Crippen LogP contribution in [0.2, 0.25) is 0 Å². The highest BCUT2D eigenvalue weighted by molar-refractivity contribution is 6.45. The van der Waals surface area contributed by atoms with Gasteiger partial charge in [0.2, 0.25) is 0 Å². The third kappa shape index (κ3) is 3.33. The van der Waals surface area contributed by atoms with E-state index in [9.17, 15) is 18.4 Å². The van der Waals surface area contributed by atoms with E-state index in [4.69, 9.17) is 4.74 Å². The molecule has 2 aliphatic rings. The van der Waals surface area contributed by atoms with Gasteiger partial charge in [0, 0.05) is 37.8 Å². The fourth-order valence-electron chi connectivity index (χ4n) is 3.79. The first-order valence-electron chi connectivity index (χ1n) is 9.57. The molecule has 1 fully saturated rings. The predicted octanol–water partition coefficient (Wildman–Crippen LogP) is 2.51. The smallest absolute Gasteiger partial charge is 0.282 e. The number of methoxy groups -OCH3 is 1. The topological polar surface area (TPSA) is 53.1 Å². The van der Waals surface area contributed by atoms with Crippen molar-refractivity contribution in [2.75, 3.05) is 45.2 Å². The lowest BCUT2D eigenvalue weighted by atomic mass is 10.0. The number of rotatable bonds is 4. The van der Waals surface area contributed by atoms with Crippen molar-refractivity contribution in [3.8, 4) is 5.75 Å². The van der Waals surface area contributed by atoms with Gasteiger partial charge in [-0.3, -0.25) is 9.59 Å². The molecule has 0 aromatic heterocycles. The molecule has 4 rings (SSSR count). The number of hydrogen-bond donors (Lipinski definition) is 0. The molecule has 0 unspecified atom stereocenters. The van der Waals surface area contributed by atoms with Gasteiger partial charge in [0.25, 0.3) is 11.8 Å². The van der Waals surface area contributed by atoms with E-state index in [-0.39, 0.29) is 17.0 Å². The van der Waals surface area contributed by atoms with Crippen molar-refractivity contribution in [2.45, 2.75) is 0 Å². The number of anilines is 1. The number of amides is 2. The number of imide groups is 1. The standard InChI is InChI=1S/C22H21F2N3O3/c1-25-9-11-26(12-10-25)20-19(15-5-3-4-6-18(15)30-2)21(28)27(22(20)29)14-7-8-16(23)17(24)13-14/h3-8,13H,9-12H2,1-2H3. The number of halogens is 2. The molecule has 0 spiro atoms. The van der Waals surface area contributed by atoms with E-state index < -0.39 is 23.4 Å². The van der Waals surface area contributed by atoms with E-state index in [1.165, 1.54) is 13.2 Å². The molecular weight excluding hydrogens is 392 g/mol. The highest BCUT2D eigenvalue weighted by Gasteiger charge is 2.43. The minimum Gasteiger partial charge on any atom is -0.496 e. The molecule has 6 nitrogen and oxygen atoms in total. The zero-order valence-corrected chi connectivity index (χ0v) is 16.7. The second kappa shape index (κ2) is 7.87. The van der Waals surface area contributed by atoms with Crippen LogP contribution in [-0.2, 0) is 9.59 Å². The van der Waals surface area contributed by atoms with Crippen LogP contribution in [0.5, 0.6) is 5.75 Å². The van der Waals surface area contributed by atoms with Crippen molar-refractivity contribution in [3.63, 3.8) is 0 Å². The van der Waals surface area contributed by atoms with Crippen molar-refractivity contribution in [3.05, 3.63) is 65.4 Å². The van der Waals surface area contributed by atoms with Crippen molar-refractivity contribution in [1.29, 1.82) is 0 Å². The Kier molecular flexibility index (Phi) is 5.26. The lowest BCUT2D eigenvalue weighted by Crippen LogP contribution is -2.46. The minimum absolute atomic E-state index is 0.0135. The number of benzene rings is 2. The molecule has 156 valence electrons. The molecule has 0 N–H and O–H groups in total. The summed E-state index contributed by atoms with van der Waals surface area (Å²) in [6.07, 6.45) is 0. The largest absolute Gasteiger partial charge is 0.496 e. The molecule has 1 saturated heterocycles. The molecule has 2 aromatic rings. The van der Waals surface area contributed by atoms with Crippen LogP contribution in [0.1, 0.15) is 5.56 Å². The molecule has 2 heterocycles. The van der Waals surface area contributed by atoms with Crippen LogP contribution in [0.4, 0.5) is 14.5 Å². The molecule has 30 heavy (non-hydrogen) atoms. The van der Waals surface area contributed by atoms with Gasteiger partial charge in [-0.2, -0.15) is 0 Å². The van der Waals surface area contributed by atoms with Crippen molar-refractivity contribution in [2.24, 2.45) is 0 Å². The molecule has 2 aromatic carbocycles. The van der Waals surface area contributed by atoms with Crippen molar-refractivity contribution < 1.29 is 23.1 Å². The molecule has 8 heteroatoms. The van der Waals surface area contributed by atoms with E-state index in [1.807, 2.05) is 11.9 Å². The summed E-state index contributed by atoms with van der Waals surface area (Å²) in [7, 11) is 3.48. The molecule has 0 bridgehead atoms. The number of carbonyl (C=O) groups is 2. The van der Waals surface area contributed by atoms with Crippen LogP contribution in [0, 0.1) is 11.6 Å². The number of likely N-dealkylation sites (N-methyl/N-ethyl adjacent to an activating group) is 1. The first kappa shape index (κ1) is 20.0. The maximum atomic E-state index is 13.8. The van der Waals surface area contributed by atoms with Gasteiger partial charge < -0.3 is 14.5 Å². The van der Waals surface area contributed by atoms with Crippen LogP contribution >= 0.6 is 0 Å². The number of piperazine rings is 1. The van der Waals surface area contributed by atoms with E-state index in [0.717, 1.165) is 30.1 Å². The van der Waals surface area contributed by atoms with Gasteiger partial charge in [-0.05, 0) is 25.2 Å². The van der Waals surface area contributed by atoms with Crippen LogP contribution in [0.15, 0.2) is 48.2 Å². The third-order valence-electron chi connectivity index (χ3n) is 5.42. The van der Waals surface area contributed by atoms with Crippen LogP contribution in [0.25, 0.3) is 5.57 Å². The second-order valence-electron chi connectivity index (χ2n) is 7.26. The number of para-hydroxylation sites is 1. The second-order valence-corrected chi connectivity index (χ2v) is 7.26. The summed E-state index contributed by atoms with van der Waals surface area (Å²) in [5, 5.41) is 0. The van der Waals surface area contributed by atoms with Crippen LogP contribution in [-0.4, -0.2) is 62.0 Å². The van der Waals surface area contributed by atoms with Gasteiger partial charge in [0.15, 0.2) is 11.6 Å². The van der Waals surface area contributed by atoms with E-state index in [2.05, 4.69) is 4.90 Å². The Morgan fingerprint density at radius 3 is 2.27 bits per heavy atom. The zero-order valence-electron chi connectivity index (χ0n) is 16.7. The first-order valence-corrected chi connectivity index (χ1v) is 9.57. The average Bonchev–Trinajstić information content (AvgIpc) is 3.00. The summed E-state index contributed by atoms with van der Waals surface area (Å²) in [4.78, 5) is 31.8. The van der Waals surface area contributed by atoms with Crippen molar-refractivity contribution >= 4 is 23.1 Å². The highest BCUT2D eigenvalue weighted by Crippen LogP contribution is 2.38. The molecule has 2 aliphatic heterocycles. The predicted molar refractivity (Wildman–Crippen MR) is 108 cm³/mol. The van der Waals surface area contributed by atoms with Crippen LogP contribution < -0.4 is 9.64 Å². The van der Waals surface area contributed by atoms with Gasteiger partial charge >= 0.3 is 0 Å². The lowest BCUT2D eigenvalue weighted by Gasteiger charge is -2.34. The van der Waals surface area contributed by atoms with E-state index in [0.29, 0.717) is 24.4 Å². The Labute approximate surface area is 172 Å². The first-order chi connectivity index (χ1) is 14.4. The zero-order chi connectivity index (χ0) is 21.4. The van der Waals surface area contributed by atoms with E-state index >= 15 is 0 Å². The third-order valence-corrected chi connectivity index (χ3v) is 5.42. The minimum atomic E-state index is -1.13. The highest BCUT2D eigenvalue weighted by atomic mass is 19.2. The Bertz CT molecular complexity index is 1050. The summed E-state index contributed by atoms with van der Waals surface area (Å²) in [6, 6.07) is 9.93. The molecule has 0 saturated carbocycles. The normalized spacial score (nSPS) is 17.9. The average molecular weight is 413 g/mol. The van der Waals surface area contributed by atoms with Gasteiger partial charge in [-0.15, -0.1) is 0 Å². The van der Waals surface area contributed by atoms with Gasteiger partial charge in [0.05, 0.1) is 18.4 Å². The summed E-state index contributed by atoms with van der Waals surface area (Å²) in [5.41, 5.74) is 0.923. The molecule has 0 aliphatic carbocycles. The van der Waals surface area contributed by atoms with E-state index in [1.54, 1.807) is 24.3 Å². The number of ether oxygens (including phenoxy) is 1. The molecule has 0 radical (unpaired) electrons. The fraction of sp³-hybridized carbons (Fsp3) is 0.273. The maximum absolute atomic E-state index is 13.8. The summed E-state index contributed by atoms with van der Waals surface area (Å²) >= 11 is 0. The Morgan fingerprint density at radius 2 is 1.60 bits per heavy atom. The molecular formula is C22H21F2N3O3. The number of carbonyl (C=O) groups excluding carboxylic acids is 2. The van der Waals surface area contributed by atoms with Gasteiger partial charge in [-0.25, -0.2) is 13.7 Å².